The van der Waals surface area contributed by atoms with Crippen LogP contribution in [0.2, 0.25) is 0 Å². The summed E-state index contributed by atoms with van der Waals surface area (Å²) in [4.78, 5) is 0. The first-order chi connectivity index (χ1) is 35.1. The Balaban J connectivity index is 0.000000309. The zero-order valence-electron chi connectivity index (χ0n) is 48.3. The molecule has 0 heterocycles. The molecule has 0 bridgehead atoms. The quantitative estimate of drug-likeness (QED) is 0.155. The Morgan fingerprint density at radius 2 is 0.456 bits per heavy atom. The fourth-order valence-electron chi connectivity index (χ4n) is 7.88. The third kappa shape index (κ3) is 17.8. The molecule has 0 aliphatic rings. The second-order valence-corrected chi connectivity index (χ2v) is 25.5. The van der Waals surface area contributed by atoms with Crippen molar-refractivity contribution >= 4 is 34.1 Å². The van der Waals surface area contributed by atoms with Crippen LogP contribution in [0.5, 0.6) is 17.2 Å². The first-order valence-corrected chi connectivity index (χ1v) is 25.4. The smallest absolute Gasteiger partial charge is 0.873 e. The van der Waals surface area contributed by atoms with Crippen molar-refractivity contribution in [2.24, 2.45) is 0 Å². The van der Waals surface area contributed by atoms with E-state index in [1.807, 2.05) is 143 Å². The molecular weight excluding hydrogens is 1070 g/mol. The summed E-state index contributed by atoms with van der Waals surface area (Å²) in [5.74, 6) is -0.993. The summed E-state index contributed by atoms with van der Waals surface area (Å²) in [5, 5.41) is 51.0. The van der Waals surface area contributed by atoms with E-state index in [-0.39, 0.29) is 85.0 Å². The molecule has 79 heavy (non-hydrogen) atoms. The van der Waals surface area contributed by atoms with Gasteiger partial charge in [-0.2, -0.15) is 39.5 Å². The zero-order valence-corrected chi connectivity index (χ0v) is 49.5. The number of halogens is 9. The average molecular weight is 1140 g/mol. The van der Waals surface area contributed by atoms with Crippen LogP contribution in [0.4, 0.5) is 73.6 Å². The van der Waals surface area contributed by atoms with Crippen molar-refractivity contribution in [3.8, 4) is 17.2 Å². The molecule has 426 valence electrons. The SMILES string of the molecule is CC(C)(C)c1cc([N-]c2ccccc2C(F)(F)F)c([O-])c(C(C)(C)C)c1.CC(C)(C)c1cc([N-]c2ccccc2C(F)(F)F)c([O-])c(C(C)(C)C)c1.CC(C)(C)c1cc([N-]c2ccccc2C(F)(F)F)c([O-])c(C(C)(C)C)c1.[Cr+6]. The van der Waals surface area contributed by atoms with Crippen LogP contribution in [0.25, 0.3) is 16.0 Å². The minimum atomic E-state index is -4.53. The van der Waals surface area contributed by atoms with Gasteiger partial charge < -0.3 is 31.3 Å². The Morgan fingerprint density at radius 3 is 0.620 bits per heavy atom. The fraction of sp³-hybridized carbons (Fsp3) is 0.429. The predicted molar refractivity (Wildman–Crippen MR) is 292 cm³/mol. The molecule has 0 saturated carbocycles. The summed E-state index contributed by atoms with van der Waals surface area (Å²) in [6.45, 7) is 35.1. The Hall–Kier alpha value is -5.98. The Labute approximate surface area is 472 Å². The number of rotatable bonds is 6. The van der Waals surface area contributed by atoms with E-state index in [0.717, 1.165) is 34.9 Å². The van der Waals surface area contributed by atoms with E-state index < -0.39 is 51.5 Å². The molecule has 0 fully saturated rings. The van der Waals surface area contributed by atoms with E-state index in [1.165, 1.54) is 54.6 Å². The van der Waals surface area contributed by atoms with Crippen LogP contribution in [0.15, 0.2) is 109 Å². The molecule has 0 saturated heterocycles. The van der Waals surface area contributed by atoms with Crippen LogP contribution >= 0.6 is 0 Å². The molecular formula is C63H72CrF9N3O3. The summed E-state index contributed by atoms with van der Waals surface area (Å²) in [5.41, 5.74) is -1.02. The van der Waals surface area contributed by atoms with Gasteiger partial charge in [-0.25, -0.2) is 0 Å². The van der Waals surface area contributed by atoms with Crippen LogP contribution in [0.1, 0.15) is 175 Å². The molecule has 0 radical (unpaired) electrons. The van der Waals surface area contributed by atoms with Crippen molar-refractivity contribution in [2.75, 3.05) is 0 Å². The molecule has 0 aliphatic heterocycles. The van der Waals surface area contributed by atoms with Gasteiger partial charge in [-0.15, -0.1) is 51.4 Å². The molecule has 0 aromatic heterocycles. The maximum atomic E-state index is 13.3. The monoisotopic (exact) mass is 1140 g/mol. The van der Waals surface area contributed by atoms with Gasteiger partial charge in [-0.3, -0.25) is 0 Å². The second kappa shape index (κ2) is 24.0. The number of nitrogens with zero attached hydrogens (tertiary/aromatic N) is 3. The van der Waals surface area contributed by atoms with Gasteiger partial charge in [0.05, 0.1) is 0 Å². The summed E-state index contributed by atoms with van der Waals surface area (Å²) in [7, 11) is 0. The fourth-order valence-corrected chi connectivity index (χ4v) is 7.88. The number of alkyl halides is 9. The van der Waals surface area contributed by atoms with Crippen molar-refractivity contribution in [3.63, 3.8) is 0 Å². The van der Waals surface area contributed by atoms with E-state index in [4.69, 9.17) is 0 Å². The van der Waals surface area contributed by atoms with Crippen molar-refractivity contribution < 1.29 is 72.2 Å². The minimum absolute atomic E-state index is 0. The zero-order chi connectivity index (χ0) is 59.7. The molecule has 0 unspecified atom stereocenters. The van der Waals surface area contributed by atoms with Crippen molar-refractivity contribution in [1.29, 1.82) is 0 Å². The Bertz CT molecular complexity index is 2720. The molecule has 6 aromatic carbocycles. The van der Waals surface area contributed by atoms with Gasteiger partial charge in [0.15, 0.2) is 0 Å². The van der Waals surface area contributed by atoms with Crippen LogP contribution < -0.4 is 15.3 Å². The summed E-state index contributed by atoms with van der Waals surface area (Å²) >= 11 is 0. The van der Waals surface area contributed by atoms with Gasteiger partial charge in [0.25, 0.3) is 0 Å². The first-order valence-electron chi connectivity index (χ1n) is 25.4. The van der Waals surface area contributed by atoms with Gasteiger partial charge in [0.2, 0.25) is 0 Å². The Kier molecular flexibility index (Phi) is 20.4. The molecule has 6 rings (SSSR count). The van der Waals surface area contributed by atoms with E-state index in [0.29, 0.717) is 16.7 Å². The first kappa shape index (κ1) is 67.3. The summed E-state index contributed by atoms with van der Waals surface area (Å²) < 4.78 is 119. The Morgan fingerprint density at radius 1 is 0.266 bits per heavy atom. The molecule has 6 nitrogen and oxygen atoms in total. The van der Waals surface area contributed by atoms with Gasteiger partial charge >= 0.3 is 35.9 Å². The normalized spacial score (nSPS) is 12.8. The molecule has 0 spiro atoms. The largest absolute Gasteiger partial charge is 6.00 e. The van der Waals surface area contributed by atoms with E-state index >= 15 is 0 Å². The number of benzene rings is 6. The average Bonchev–Trinajstić information content (AvgIpc) is 3.26. The second-order valence-electron chi connectivity index (χ2n) is 25.5. The summed E-state index contributed by atoms with van der Waals surface area (Å²) in [6.07, 6.45) is -13.6. The van der Waals surface area contributed by atoms with Crippen molar-refractivity contribution in [2.45, 2.75) is 176 Å². The van der Waals surface area contributed by atoms with Gasteiger partial charge in [-0.1, -0.05) is 251 Å². The molecule has 16 heteroatoms. The topological polar surface area (TPSA) is 111 Å². The van der Waals surface area contributed by atoms with E-state index in [1.54, 1.807) is 18.2 Å². The van der Waals surface area contributed by atoms with Crippen LogP contribution in [-0.2, 0) is 68.4 Å². The number of hydrogen-bond donors (Lipinski definition) is 0. The van der Waals surface area contributed by atoms with Gasteiger partial charge in [0.1, 0.15) is 0 Å². The van der Waals surface area contributed by atoms with Crippen LogP contribution in [0, 0.1) is 0 Å². The predicted octanol–water partition coefficient (Wildman–Crippen LogP) is 20.1. The van der Waals surface area contributed by atoms with Crippen LogP contribution in [-0.4, -0.2) is 0 Å². The van der Waals surface area contributed by atoms with Gasteiger partial charge in [0, 0.05) is 16.7 Å². The number of para-hydroxylation sites is 3. The van der Waals surface area contributed by atoms with Gasteiger partial charge in [-0.05, 0) is 49.2 Å². The molecule has 0 N–H and O–H groups in total. The van der Waals surface area contributed by atoms with E-state index in [9.17, 15) is 54.8 Å². The molecule has 0 atom stereocenters. The van der Waals surface area contributed by atoms with Crippen molar-refractivity contribution in [3.05, 3.63) is 175 Å². The molecule has 0 amide bonds. The number of hydrogen-bond acceptors (Lipinski definition) is 3. The summed E-state index contributed by atoms with van der Waals surface area (Å²) in [6, 6.07) is 25.5. The van der Waals surface area contributed by atoms with Crippen LogP contribution in [0.3, 0.4) is 0 Å². The van der Waals surface area contributed by atoms with E-state index in [2.05, 4.69) is 16.0 Å². The molecule has 6 aromatic rings. The maximum absolute atomic E-state index is 13.3. The molecule has 0 aliphatic carbocycles. The maximum Gasteiger partial charge on any atom is 6.00 e. The van der Waals surface area contributed by atoms with Crippen molar-refractivity contribution in [1.82, 2.24) is 0 Å². The minimum Gasteiger partial charge on any atom is -0.873 e. The third-order valence-electron chi connectivity index (χ3n) is 12.6. The third-order valence-corrected chi connectivity index (χ3v) is 12.6. The standard InChI is InChI=1S/3C21H25F3NO.Cr/c3*1-19(2,3)13-11-15(20(4,5)6)18(26)17(12-13)25-16-10-8-7-9-14(16)21(22,23)24;/h3*7-12,26H,1-6H3;/q3*-1;+6/p-3.